The molecule has 0 unspecified atom stereocenters. The molecule has 92 valence electrons. The summed E-state index contributed by atoms with van der Waals surface area (Å²) in [6.45, 7) is 14.3. The zero-order chi connectivity index (χ0) is 10.9. The van der Waals surface area contributed by atoms with E-state index in [1.54, 1.807) is 0 Å². The number of morpholine rings is 2. The van der Waals surface area contributed by atoms with Gasteiger partial charge in [-0.1, -0.05) is 0 Å². The average molecular weight is 228 g/mol. The maximum absolute atomic E-state index is 5.49. The minimum atomic E-state index is 0.975. The lowest BCUT2D eigenvalue weighted by Crippen LogP contribution is -2.71. The van der Waals surface area contributed by atoms with Crippen molar-refractivity contribution in [3.8, 4) is 0 Å². The van der Waals surface area contributed by atoms with Crippen molar-refractivity contribution >= 4 is 0 Å². The molecule has 0 atom stereocenters. The molecule has 4 heteroatoms. The van der Waals surface area contributed by atoms with Crippen LogP contribution in [0.4, 0.5) is 0 Å². The Kier molecular flexibility index (Phi) is 2.92. The molecule has 0 amide bonds. The van der Waals surface area contributed by atoms with Gasteiger partial charge in [0, 0.05) is 0 Å². The first-order valence-electron chi connectivity index (χ1n) is 6.68. The van der Waals surface area contributed by atoms with E-state index >= 15 is 0 Å². The van der Waals surface area contributed by atoms with E-state index in [0.29, 0.717) is 0 Å². The summed E-state index contributed by atoms with van der Waals surface area (Å²) in [4.78, 5) is 0. The van der Waals surface area contributed by atoms with Gasteiger partial charge in [0.25, 0.3) is 0 Å². The molecule has 0 N–H and O–H groups in total. The van der Waals surface area contributed by atoms with Crippen molar-refractivity contribution in [2.24, 2.45) is 0 Å². The third-order valence-corrected chi connectivity index (χ3v) is 4.94. The van der Waals surface area contributed by atoms with Gasteiger partial charge in [0.15, 0.2) is 0 Å². The van der Waals surface area contributed by atoms with E-state index in [-0.39, 0.29) is 0 Å². The number of quaternary nitrogens is 2. The fourth-order valence-corrected chi connectivity index (χ4v) is 3.43. The molecule has 0 bridgehead atoms. The summed E-state index contributed by atoms with van der Waals surface area (Å²) in [5.41, 5.74) is 0. The second-order valence-electron chi connectivity index (χ2n) is 5.70. The third kappa shape index (κ3) is 1.99. The highest BCUT2D eigenvalue weighted by molar-refractivity contribution is 4.60. The maximum atomic E-state index is 5.49. The zero-order valence-corrected chi connectivity index (χ0v) is 10.2. The lowest BCUT2D eigenvalue weighted by atomic mass is 10.1. The molecule has 3 rings (SSSR count). The third-order valence-electron chi connectivity index (χ3n) is 4.94. The van der Waals surface area contributed by atoms with E-state index in [1.807, 2.05) is 0 Å². The normalized spacial score (nSPS) is 33.0. The summed E-state index contributed by atoms with van der Waals surface area (Å²) >= 11 is 0. The van der Waals surface area contributed by atoms with Crippen molar-refractivity contribution in [3.05, 3.63) is 0 Å². The molecular weight excluding hydrogens is 204 g/mol. The fraction of sp³-hybridized carbons (Fsp3) is 1.00. The lowest BCUT2D eigenvalue weighted by Gasteiger charge is -2.51. The van der Waals surface area contributed by atoms with Gasteiger partial charge in [0.1, 0.15) is 52.4 Å². The molecule has 0 aromatic heterocycles. The second-order valence-corrected chi connectivity index (χ2v) is 5.70. The molecule has 0 saturated carbocycles. The molecule has 3 aliphatic heterocycles. The van der Waals surface area contributed by atoms with Crippen LogP contribution in [0.2, 0.25) is 0 Å². The second kappa shape index (κ2) is 4.26. The lowest BCUT2D eigenvalue weighted by molar-refractivity contribution is -1.04. The van der Waals surface area contributed by atoms with Crippen LogP contribution >= 0.6 is 0 Å². The Balaban J connectivity index is 1.61. The minimum absolute atomic E-state index is 0.975. The van der Waals surface area contributed by atoms with Crippen molar-refractivity contribution in [2.45, 2.75) is 0 Å². The molecule has 3 fully saturated rings. The first-order chi connectivity index (χ1) is 7.83. The predicted octanol–water partition coefficient (Wildman–Crippen LogP) is -0.306. The van der Waals surface area contributed by atoms with E-state index in [2.05, 4.69) is 0 Å². The Hall–Kier alpha value is -0.160. The van der Waals surface area contributed by atoms with Crippen LogP contribution in [-0.2, 0) is 9.47 Å². The molecule has 3 heterocycles. The van der Waals surface area contributed by atoms with E-state index in [1.165, 1.54) is 61.3 Å². The monoisotopic (exact) mass is 228 g/mol. The molecule has 0 aromatic carbocycles. The predicted molar refractivity (Wildman–Crippen MR) is 61.1 cm³/mol. The van der Waals surface area contributed by atoms with Crippen LogP contribution in [0.15, 0.2) is 0 Å². The highest BCUT2D eigenvalue weighted by atomic mass is 16.5. The van der Waals surface area contributed by atoms with Gasteiger partial charge in [0.05, 0.1) is 26.4 Å². The first kappa shape index (κ1) is 11.0. The van der Waals surface area contributed by atoms with Crippen molar-refractivity contribution in [1.82, 2.24) is 0 Å². The molecule has 3 aliphatic rings. The standard InChI is InChI=1S/C12H24N2O2/c1-2-14(7-11-16-12-8-14)4-3-13(1)5-9-15-10-6-13/h1-12H2/q+2. The van der Waals surface area contributed by atoms with Gasteiger partial charge < -0.3 is 18.4 Å². The first-order valence-corrected chi connectivity index (χ1v) is 6.68. The molecular formula is C12H24N2O2+2. The van der Waals surface area contributed by atoms with Crippen LogP contribution in [-0.4, -0.2) is 87.8 Å². The number of hydrogen-bond acceptors (Lipinski definition) is 2. The zero-order valence-electron chi connectivity index (χ0n) is 10.2. The van der Waals surface area contributed by atoms with Crippen molar-refractivity contribution < 1.29 is 18.4 Å². The van der Waals surface area contributed by atoms with E-state index in [0.717, 1.165) is 26.4 Å². The summed E-state index contributed by atoms with van der Waals surface area (Å²) < 4.78 is 13.7. The summed E-state index contributed by atoms with van der Waals surface area (Å²) in [6, 6.07) is 0. The van der Waals surface area contributed by atoms with Crippen molar-refractivity contribution in [2.75, 3.05) is 78.8 Å². The number of rotatable bonds is 0. The quantitative estimate of drug-likeness (QED) is 0.530. The van der Waals surface area contributed by atoms with Gasteiger partial charge >= 0.3 is 0 Å². The smallest absolute Gasteiger partial charge is 0.129 e. The number of nitrogens with zero attached hydrogens (tertiary/aromatic N) is 2. The van der Waals surface area contributed by atoms with Gasteiger partial charge in [-0.3, -0.25) is 0 Å². The molecule has 2 spiro atoms. The van der Waals surface area contributed by atoms with Crippen LogP contribution in [0.3, 0.4) is 0 Å². The van der Waals surface area contributed by atoms with Gasteiger partial charge in [-0.25, -0.2) is 0 Å². The van der Waals surface area contributed by atoms with Crippen LogP contribution in [0.25, 0.3) is 0 Å². The SMILES string of the molecule is C1C[N+]2(CCO1)CC[N+]1(CCOCC1)CC2. The Morgan fingerprint density at radius 1 is 0.438 bits per heavy atom. The number of piperazine rings is 1. The molecule has 0 radical (unpaired) electrons. The van der Waals surface area contributed by atoms with Crippen LogP contribution in [0, 0.1) is 0 Å². The number of ether oxygens (including phenoxy) is 2. The van der Waals surface area contributed by atoms with Gasteiger partial charge in [-0.05, 0) is 0 Å². The molecule has 16 heavy (non-hydrogen) atoms. The molecule has 3 saturated heterocycles. The van der Waals surface area contributed by atoms with Gasteiger partial charge in [-0.2, -0.15) is 0 Å². The number of hydrogen-bond donors (Lipinski definition) is 0. The van der Waals surface area contributed by atoms with Crippen molar-refractivity contribution in [3.63, 3.8) is 0 Å². The van der Waals surface area contributed by atoms with Gasteiger partial charge in [0.2, 0.25) is 0 Å². The highest BCUT2D eigenvalue weighted by Crippen LogP contribution is 2.22. The summed E-state index contributed by atoms with van der Waals surface area (Å²) in [5.74, 6) is 0. The average Bonchev–Trinajstić information content (AvgIpc) is 2.36. The minimum Gasteiger partial charge on any atom is -0.370 e. The van der Waals surface area contributed by atoms with E-state index < -0.39 is 0 Å². The van der Waals surface area contributed by atoms with Crippen molar-refractivity contribution in [1.29, 1.82) is 0 Å². The summed E-state index contributed by atoms with van der Waals surface area (Å²) in [5, 5.41) is 0. The van der Waals surface area contributed by atoms with Crippen LogP contribution < -0.4 is 0 Å². The Bertz CT molecular complexity index is 207. The van der Waals surface area contributed by atoms with E-state index in [9.17, 15) is 0 Å². The van der Waals surface area contributed by atoms with Crippen LogP contribution in [0.1, 0.15) is 0 Å². The maximum Gasteiger partial charge on any atom is 0.129 e. The highest BCUT2D eigenvalue weighted by Gasteiger charge is 2.43. The molecule has 0 aliphatic carbocycles. The Morgan fingerprint density at radius 2 is 0.750 bits per heavy atom. The largest absolute Gasteiger partial charge is 0.370 e. The summed E-state index contributed by atoms with van der Waals surface area (Å²) in [7, 11) is 0. The Labute approximate surface area is 97.9 Å². The summed E-state index contributed by atoms with van der Waals surface area (Å²) in [6.07, 6.45) is 0. The topological polar surface area (TPSA) is 18.5 Å². The Morgan fingerprint density at radius 3 is 1.06 bits per heavy atom. The fourth-order valence-electron chi connectivity index (χ4n) is 3.43. The molecule has 4 nitrogen and oxygen atoms in total. The van der Waals surface area contributed by atoms with Crippen LogP contribution in [0.5, 0.6) is 0 Å². The van der Waals surface area contributed by atoms with Gasteiger partial charge in [-0.15, -0.1) is 0 Å². The molecule has 0 aromatic rings. The van der Waals surface area contributed by atoms with E-state index in [4.69, 9.17) is 9.47 Å².